The topological polar surface area (TPSA) is 79.4 Å². The van der Waals surface area contributed by atoms with Crippen LogP contribution in [0.15, 0.2) is 30.5 Å². The molecule has 0 bridgehead atoms. The summed E-state index contributed by atoms with van der Waals surface area (Å²) in [6.45, 7) is 7.00. The summed E-state index contributed by atoms with van der Waals surface area (Å²) in [5, 5.41) is 6.40. The van der Waals surface area contributed by atoms with Crippen molar-refractivity contribution in [3.63, 3.8) is 0 Å². The van der Waals surface area contributed by atoms with Gasteiger partial charge in [0.25, 0.3) is 0 Å². The number of ether oxygens (including phenoxy) is 1. The molecule has 0 aliphatic carbocycles. The van der Waals surface area contributed by atoms with Crippen LogP contribution in [0.2, 0.25) is 0 Å². The van der Waals surface area contributed by atoms with E-state index in [1.165, 1.54) is 0 Å². The predicted octanol–water partition coefficient (Wildman–Crippen LogP) is 3.23. The van der Waals surface area contributed by atoms with Crippen LogP contribution in [0.1, 0.15) is 5.56 Å². The number of nitrogens with one attached hydrogen (secondary N) is 2. The summed E-state index contributed by atoms with van der Waals surface area (Å²) in [6, 6.07) is 6.83. The molecule has 2 aromatic rings. The average Bonchev–Trinajstić information content (AvgIpc) is 2.68. The Kier molecular flexibility index (Phi) is 7.00. The largest absolute Gasteiger partial charge is 0.421 e. The fourth-order valence-corrected chi connectivity index (χ4v) is 3.84. The van der Waals surface area contributed by atoms with E-state index in [0.29, 0.717) is 37.3 Å². The first-order valence-electron chi connectivity index (χ1n) is 9.54. The van der Waals surface area contributed by atoms with E-state index in [4.69, 9.17) is 4.74 Å². The first kappa shape index (κ1) is 22.5. The molecule has 1 aliphatic rings. The molecule has 0 radical (unpaired) electrons. The van der Waals surface area contributed by atoms with E-state index in [9.17, 15) is 17.7 Å². The number of nitrogens with zero attached hydrogens (tertiary/aromatic N) is 3. The van der Waals surface area contributed by atoms with Crippen molar-refractivity contribution in [2.75, 3.05) is 63.4 Å². The van der Waals surface area contributed by atoms with E-state index in [1.54, 1.807) is 37.6 Å². The van der Waals surface area contributed by atoms with E-state index < -0.39 is 18.9 Å². The number of aromatic nitrogens is 2. The van der Waals surface area contributed by atoms with Crippen LogP contribution in [0.3, 0.4) is 0 Å². The van der Waals surface area contributed by atoms with Crippen LogP contribution in [0, 0.1) is 0 Å². The van der Waals surface area contributed by atoms with Gasteiger partial charge in [-0.15, -0.1) is 0 Å². The number of morpholine rings is 1. The van der Waals surface area contributed by atoms with Crippen LogP contribution in [0.4, 0.5) is 30.6 Å². The van der Waals surface area contributed by atoms with Crippen molar-refractivity contribution < 1.29 is 22.5 Å². The van der Waals surface area contributed by atoms with E-state index in [1.807, 2.05) is 0 Å². The Hall–Kier alpha value is -2.16. The number of anilines is 3. The lowest BCUT2D eigenvalue weighted by Gasteiger charge is -2.26. The van der Waals surface area contributed by atoms with Gasteiger partial charge in [-0.3, -0.25) is 4.90 Å². The number of halogens is 3. The highest BCUT2D eigenvalue weighted by Gasteiger charge is 2.35. The zero-order valence-corrected chi connectivity index (χ0v) is 17.8. The van der Waals surface area contributed by atoms with Gasteiger partial charge in [-0.25, -0.2) is 4.98 Å². The number of benzene rings is 1. The molecule has 2 heterocycles. The molecule has 1 fully saturated rings. The molecule has 11 heteroatoms. The van der Waals surface area contributed by atoms with Gasteiger partial charge in [0.05, 0.1) is 13.2 Å². The third-order valence-electron chi connectivity index (χ3n) is 4.66. The molecule has 0 amide bonds. The minimum atomic E-state index is -4.56. The van der Waals surface area contributed by atoms with Gasteiger partial charge in [0.1, 0.15) is 18.5 Å². The Morgan fingerprint density at radius 3 is 2.43 bits per heavy atom. The maximum atomic E-state index is 13.4. The molecule has 30 heavy (non-hydrogen) atoms. The Bertz CT molecular complexity index is 896. The first-order valence-corrected chi connectivity index (χ1v) is 12.1. The van der Waals surface area contributed by atoms with Crippen molar-refractivity contribution >= 4 is 29.9 Å². The monoisotopic (exact) mass is 443 g/mol. The quantitative estimate of drug-likeness (QED) is 0.636. The molecule has 0 spiro atoms. The lowest BCUT2D eigenvalue weighted by Crippen LogP contribution is -2.39. The third kappa shape index (κ3) is 6.17. The summed E-state index contributed by atoms with van der Waals surface area (Å²) in [6.07, 6.45) is -3.79. The smallest absolute Gasteiger partial charge is 0.379 e. The lowest BCUT2D eigenvalue weighted by atomic mass is 10.3. The number of alkyl halides is 3. The Morgan fingerprint density at radius 2 is 1.83 bits per heavy atom. The zero-order chi connectivity index (χ0) is 21.8. The Labute approximate surface area is 173 Å². The maximum Gasteiger partial charge on any atom is 0.421 e. The second-order valence-electron chi connectivity index (χ2n) is 7.36. The normalized spacial score (nSPS) is 15.8. The number of hydrogen-bond donors (Lipinski definition) is 2. The molecule has 2 N–H and O–H groups in total. The standard InChI is InChI=1S/C19H25F3N5O2P/c1-30(2,28)15-5-3-14(4-6-15)25-18-24-13-16(19(20,21)22)17(26-18)23-7-8-27-9-11-29-12-10-27/h3-6,13H,7-12H2,1-2H3,(H2,23,24,25,26). The zero-order valence-electron chi connectivity index (χ0n) is 16.9. The highest BCUT2D eigenvalue weighted by atomic mass is 31.2. The number of rotatable bonds is 7. The third-order valence-corrected chi connectivity index (χ3v) is 6.21. The second-order valence-corrected chi connectivity index (χ2v) is 10.6. The molecular weight excluding hydrogens is 418 g/mol. The molecule has 3 rings (SSSR count). The highest BCUT2D eigenvalue weighted by Crippen LogP contribution is 2.35. The highest BCUT2D eigenvalue weighted by molar-refractivity contribution is 7.70. The van der Waals surface area contributed by atoms with Crippen molar-refractivity contribution in [1.82, 2.24) is 14.9 Å². The summed E-state index contributed by atoms with van der Waals surface area (Å²) in [4.78, 5) is 9.96. The van der Waals surface area contributed by atoms with E-state index in [2.05, 4.69) is 25.5 Å². The van der Waals surface area contributed by atoms with Gasteiger partial charge >= 0.3 is 6.18 Å². The molecule has 1 aromatic heterocycles. The van der Waals surface area contributed by atoms with Gasteiger partial charge in [-0.2, -0.15) is 18.2 Å². The molecule has 0 atom stereocenters. The fraction of sp³-hybridized carbons (Fsp3) is 0.474. The van der Waals surface area contributed by atoms with Crippen LogP contribution in [-0.2, 0) is 15.5 Å². The van der Waals surface area contributed by atoms with Crippen molar-refractivity contribution in [3.8, 4) is 0 Å². The van der Waals surface area contributed by atoms with Crippen LogP contribution in [-0.4, -0.2) is 67.6 Å². The van der Waals surface area contributed by atoms with Gasteiger partial charge in [0.15, 0.2) is 0 Å². The SMILES string of the molecule is CP(C)(=O)c1ccc(Nc2ncc(C(F)(F)F)c(NCCN3CCOCC3)n2)cc1. The van der Waals surface area contributed by atoms with Crippen molar-refractivity contribution in [3.05, 3.63) is 36.0 Å². The van der Waals surface area contributed by atoms with Gasteiger partial charge in [-0.05, 0) is 37.6 Å². The molecule has 0 saturated carbocycles. The Balaban J connectivity index is 1.72. The second kappa shape index (κ2) is 9.32. The predicted molar refractivity (Wildman–Crippen MR) is 112 cm³/mol. The van der Waals surface area contributed by atoms with Gasteiger partial charge in [0, 0.05) is 43.4 Å². The van der Waals surface area contributed by atoms with Gasteiger partial charge in [-0.1, -0.05) is 0 Å². The maximum absolute atomic E-state index is 13.4. The molecule has 1 saturated heterocycles. The average molecular weight is 443 g/mol. The van der Waals surface area contributed by atoms with Crippen molar-refractivity contribution in [2.24, 2.45) is 0 Å². The van der Waals surface area contributed by atoms with E-state index in [0.717, 1.165) is 19.3 Å². The number of hydrogen-bond acceptors (Lipinski definition) is 7. The summed E-state index contributed by atoms with van der Waals surface area (Å²) >= 11 is 0. The molecule has 1 aliphatic heterocycles. The molecular formula is C19H25F3N5O2P. The van der Waals surface area contributed by atoms with Gasteiger partial charge in [0.2, 0.25) is 5.95 Å². The molecule has 1 aromatic carbocycles. The summed E-state index contributed by atoms with van der Waals surface area (Å²) in [5.74, 6) is -0.225. The molecule has 0 unspecified atom stereocenters. The summed E-state index contributed by atoms with van der Waals surface area (Å²) < 4.78 is 57.4. The summed E-state index contributed by atoms with van der Waals surface area (Å²) in [7, 11) is -2.38. The van der Waals surface area contributed by atoms with E-state index in [-0.39, 0.29) is 11.8 Å². The van der Waals surface area contributed by atoms with Crippen LogP contribution < -0.4 is 15.9 Å². The van der Waals surface area contributed by atoms with Gasteiger partial charge < -0.3 is 19.9 Å². The molecule has 7 nitrogen and oxygen atoms in total. The van der Waals surface area contributed by atoms with Crippen LogP contribution in [0.5, 0.6) is 0 Å². The van der Waals surface area contributed by atoms with Crippen LogP contribution >= 0.6 is 7.14 Å². The molecule has 164 valence electrons. The minimum absolute atomic E-state index is 0.0424. The fourth-order valence-electron chi connectivity index (χ4n) is 2.97. The van der Waals surface area contributed by atoms with Crippen LogP contribution in [0.25, 0.3) is 0 Å². The van der Waals surface area contributed by atoms with Crippen molar-refractivity contribution in [2.45, 2.75) is 6.18 Å². The summed E-state index contributed by atoms with van der Waals surface area (Å²) in [5.41, 5.74) is -0.325. The first-order chi connectivity index (χ1) is 14.1. The van der Waals surface area contributed by atoms with Crippen molar-refractivity contribution in [1.29, 1.82) is 0 Å². The minimum Gasteiger partial charge on any atom is -0.379 e. The van der Waals surface area contributed by atoms with E-state index >= 15 is 0 Å². The lowest BCUT2D eigenvalue weighted by molar-refractivity contribution is -0.137. The Morgan fingerprint density at radius 1 is 1.17 bits per heavy atom.